The topological polar surface area (TPSA) is 55.1 Å². The van der Waals surface area contributed by atoms with Crippen molar-refractivity contribution in [2.75, 3.05) is 0 Å². The molecule has 4 heteroatoms. The van der Waals surface area contributed by atoms with Gasteiger partial charge in [-0.15, -0.1) is 0 Å². The van der Waals surface area contributed by atoms with Crippen LogP contribution in [-0.4, -0.2) is 11.9 Å². The number of nitrogens with two attached hydrogens (primary N) is 1. The van der Waals surface area contributed by atoms with Gasteiger partial charge in [0.1, 0.15) is 0 Å². The predicted octanol–water partition coefficient (Wildman–Crippen LogP) is 3.82. The molecule has 0 radical (unpaired) electrons. The summed E-state index contributed by atoms with van der Waals surface area (Å²) in [7, 11) is 0. The van der Waals surface area contributed by atoms with Gasteiger partial charge in [-0.1, -0.05) is 61.8 Å². The first-order valence-corrected chi connectivity index (χ1v) is 8.74. The number of benzene rings is 2. The van der Waals surface area contributed by atoms with Crippen molar-refractivity contribution in [2.45, 2.75) is 38.3 Å². The molecule has 0 saturated heterocycles. The van der Waals surface area contributed by atoms with Crippen LogP contribution in [-0.2, 0) is 11.2 Å². The van der Waals surface area contributed by atoms with Crippen molar-refractivity contribution in [1.82, 2.24) is 5.32 Å². The number of carbonyl (C=O) groups excluding carboxylic acids is 1. The summed E-state index contributed by atoms with van der Waals surface area (Å²) >= 11 is 5.97. The van der Waals surface area contributed by atoms with Crippen LogP contribution >= 0.6 is 11.6 Å². The molecule has 126 valence electrons. The van der Waals surface area contributed by atoms with Gasteiger partial charge in [0, 0.05) is 5.02 Å². The van der Waals surface area contributed by atoms with E-state index in [9.17, 15) is 4.79 Å². The second-order valence-corrected chi connectivity index (χ2v) is 7.25. The lowest BCUT2D eigenvalue weighted by Gasteiger charge is -2.25. The lowest BCUT2D eigenvalue weighted by Crippen LogP contribution is -2.43. The lowest BCUT2D eigenvalue weighted by molar-refractivity contribution is -0.124. The molecule has 24 heavy (non-hydrogen) atoms. The molecule has 0 saturated carbocycles. The molecule has 1 unspecified atom stereocenters. The quantitative estimate of drug-likeness (QED) is 0.887. The Hall–Kier alpha value is -1.84. The largest absolute Gasteiger partial charge is 0.351 e. The van der Waals surface area contributed by atoms with E-state index >= 15 is 0 Å². The first kappa shape index (κ1) is 17.0. The van der Waals surface area contributed by atoms with Crippen LogP contribution in [0.4, 0.5) is 0 Å². The Morgan fingerprint density at radius 2 is 1.83 bits per heavy atom. The number of carbonyl (C=O) groups is 1. The summed E-state index contributed by atoms with van der Waals surface area (Å²) < 4.78 is 0. The third-order valence-electron chi connectivity index (χ3n) is 4.79. The average molecular weight is 343 g/mol. The molecule has 2 aromatic carbocycles. The summed E-state index contributed by atoms with van der Waals surface area (Å²) in [6.45, 7) is 4.12. The van der Waals surface area contributed by atoms with Gasteiger partial charge in [-0.2, -0.15) is 0 Å². The minimum absolute atomic E-state index is 0.0283. The summed E-state index contributed by atoms with van der Waals surface area (Å²) in [4.78, 5) is 12.9. The van der Waals surface area contributed by atoms with E-state index in [2.05, 4.69) is 25.2 Å². The lowest BCUT2D eigenvalue weighted by atomic mass is 9.87. The van der Waals surface area contributed by atoms with Gasteiger partial charge in [0.2, 0.25) is 5.91 Å². The van der Waals surface area contributed by atoms with Gasteiger partial charge in [-0.25, -0.2) is 0 Å². The Morgan fingerprint density at radius 3 is 2.46 bits per heavy atom. The van der Waals surface area contributed by atoms with E-state index in [0.29, 0.717) is 5.02 Å². The second kappa shape index (κ2) is 6.96. The zero-order valence-corrected chi connectivity index (χ0v) is 14.8. The van der Waals surface area contributed by atoms with Crippen molar-refractivity contribution in [2.24, 2.45) is 11.7 Å². The van der Waals surface area contributed by atoms with Crippen molar-refractivity contribution in [1.29, 1.82) is 0 Å². The summed E-state index contributed by atoms with van der Waals surface area (Å²) in [5.74, 6) is 0.00457. The van der Waals surface area contributed by atoms with Gasteiger partial charge in [-0.05, 0) is 41.2 Å². The van der Waals surface area contributed by atoms with Crippen LogP contribution in [0.1, 0.15) is 42.5 Å². The van der Waals surface area contributed by atoms with Crippen LogP contribution in [0.15, 0.2) is 48.5 Å². The van der Waals surface area contributed by atoms with Crippen molar-refractivity contribution >= 4 is 17.5 Å². The van der Waals surface area contributed by atoms with Crippen molar-refractivity contribution < 1.29 is 4.79 Å². The third kappa shape index (κ3) is 3.33. The Bertz CT molecular complexity index is 727. The van der Waals surface area contributed by atoms with Gasteiger partial charge in [0.15, 0.2) is 0 Å². The van der Waals surface area contributed by atoms with Gasteiger partial charge < -0.3 is 11.1 Å². The standard InChI is InChI=1S/C20H23ClN2O/c1-12(2)18(13-7-9-15(21)10-8-13)20(24)23-17-11-14-5-3-4-6-16(14)19(17)22/h3-10,12,17-19H,11,22H2,1-2H3,(H,23,24)/t17-,18?,19-/m0/s1. The number of halogens is 1. The smallest absolute Gasteiger partial charge is 0.228 e. The van der Waals surface area contributed by atoms with E-state index in [4.69, 9.17) is 17.3 Å². The zero-order valence-electron chi connectivity index (χ0n) is 14.0. The van der Waals surface area contributed by atoms with E-state index in [-0.39, 0.29) is 29.8 Å². The molecule has 3 nitrogen and oxygen atoms in total. The van der Waals surface area contributed by atoms with E-state index < -0.39 is 0 Å². The number of hydrogen-bond donors (Lipinski definition) is 2. The highest BCUT2D eigenvalue weighted by Gasteiger charge is 2.33. The Labute approximate surface area is 148 Å². The fraction of sp³-hybridized carbons (Fsp3) is 0.350. The fourth-order valence-corrected chi connectivity index (χ4v) is 3.67. The molecule has 3 rings (SSSR count). The van der Waals surface area contributed by atoms with Crippen LogP contribution in [0.5, 0.6) is 0 Å². The normalized spacial score (nSPS) is 20.7. The van der Waals surface area contributed by atoms with E-state index in [0.717, 1.165) is 17.5 Å². The molecule has 1 aliphatic carbocycles. The summed E-state index contributed by atoms with van der Waals surface area (Å²) in [6, 6.07) is 15.4. The molecular weight excluding hydrogens is 320 g/mol. The molecule has 1 amide bonds. The minimum atomic E-state index is -0.210. The number of rotatable bonds is 4. The highest BCUT2D eigenvalue weighted by Crippen LogP contribution is 2.31. The van der Waals surface area contributed by atoms with Gasteiger partial charge >= 0.3 is 0 Å². The van der Waals surface area contributed by atoms with Crippen LogP contribution in [0, 0.1) is 5.92 Å². The fourth-order valence-electron chi connectivity index (χ4n) is 3.55. The van der Waals surface area contributed by atoms with Crippen molar-refractivity contribution in [3.63, 3.8) is 0 Å². The maximum Gasteiger partial charge on any atom is 0.228 e. The number of hydrogen-bond acceptors (Lipinski definition) is 2. The van der Waals surface area contributed by atoms with Crippen molar-refractivity contribution in [3.8, 4) is 0 Å². The number of fused-ring (bicyclic) bond motifs is 1. The van der Waals surface area contributed by atoms with Crippen LogP contribution in [0.2, 0.25) is 5.02 Å². The Kier molecular flexibility index (Phi) is 4.93. The highest BCUT2D eigenvalue weighted by molar-refractivity contribution is 6.30. The summed E-state index contributed by atoms with van der Waals surface area (Å²) in [6.07, 6.45) is 0.786. The Morgan fingerprint density at radius 1 is 1.17 bits per heavy atom. The molecule has 0 aromatic heterocycles. The molecule has 0 aliphatic heterocycles. The first-order valence-electron chi connectivity index (χ1n) is 8.36. The average Bonchev–Trinajstić information content (AvgIpc) is 2.86. The van der Waals surface area contributed by atoms with Crippen molar-refractivity contribution in [3.05, 3.63) is 70.2 Å². The molecule has 1 aliphatic rings. The third-order valence-corrected chi connectivity index (χ3v) is 5.05. The maximum atomic E-state index is 12.9. The molecule has 3 N–H and O–H groups in total. The monoisotopic (exact) mass is 342 g/mol. The van der Waals surface area contributed by atoms with Crippen LogP contribution in [0.25, 0.3) is 0 Å². The predicted molar refractivity (Wildman–Crippen MR) is 98.0 cm³/mol. The molecule has 2 aromatic rings. The molecule has 0 spiro atoms. The van der Waals surface area contributed by atoms with Gasteiger partial charge in [0.05, 0.1) is 18.0 Å². The maximum absolute atomic E-state index is 12.9. The van der Waals surface area contributed by atoms with Gasteiger partial charge in [0.25, 0.3) is 0 Å². The first-order chi connectivity index (χ1) is 11.5. The van der Waals surface area contributed by atoms with E-state index in [1.807, 2.05) is 42.5 Å². The van der Waals surface area contributed by atoms with Crippen LogP contribution < -0.4 is 11.1 Å². The molecule has 0 fully saturated rings. The minimum Gasteiger partial charge on any atom is -0.351 e. The SMILES string of the molecule is CC(C)C(C(=O)N[C@H]1Cc2ccccc2[C@@H]1N)c1ccc(Cl)cc1. The Balaban J connectivity index is 1.77. The number of nitrogens with one attached hydrogen (secondary N) is 1. The molecule has 3 atom stereocenters. The molecule has 0 bridgehead atoms. The molecular formula is C20H23ClN2O. The van der Waals surface area contributed by atoms with E-state index in [1.165, 1.54) is 5.56 Å². The highest BCUT2D eigenvalue weighted by atomic mass is 35.5. The second-order valence-electron chi connectivity index (χ2n) is 6.82. The van der Waals surface area contributed by atoms with E-state index in [1.54, 1.807) is 0 Å². The zero-order chi connectivity index (χ0) is 17.3. The van der Waals surface area contributed by atoms with Gasteiger partial charge in [-0.3, -0.25) is 4.79 Å². The summed E-state index contributed by atoms with van der Waals surface area (Å²) in [5.41, 5.74) is 9.68. The number of amides is 1. The summed E-state index contributed by atoms with van der Waals surface area (Å²) in [5, 5.41) is 3.85. The van der Waals surface area contributed by atoms with Crippen LogP contribution in [0.3, 0.4) is 0 Å². The molecule has 0 heterocycles.